The second-order valence-corrected chi connectivity index (χ2v) is 8.59. The van der Waals surface area contributed by atoms with Crippen molar-refractivity contribution in [3.05, 3.63) is 54.1 Å². The molecular weight excluding hydrogens is 308 g/mol. The van der Waals surface area contributed by atoms with Gasteiger partial charge in [0.2, 0.25) is 0 Å². The van der Waals surface area contributed by atoms with Crippen LogP contribution in [0.25, 0.3) is 5.57 Å². The van der Waals surface area contributed by atoms with E-state index in [-0.39, 0.29) is 6.10 Å². The van der Waals surface area contributed by atoms with Crippen molar-refractivity contribution in [2.75, 3.05) is 0 Å². The van der Waals surface area contributed by atoms with E-state index in [1.165, 1.54) is 18.4 Å². The Morgan fingerprint density at radius 2 is 1.76 bits per heavy atom. The van der Waals surface area contributed by atoms with Crippen molar-refractivity contribution >= 4 is 11.9 Å². The number of benzene rings is 1. The first kappa shape index (κ1) is 18.1. The largest absolute Gasteiger partial charge is 0.360 e. The van der Waals surface area contributed by atoms with Gasteiger partial charge in [0.05, 0.1) is 6.10 Å². The quantitative estimate of drug-likeness (QED) is 0.669. The van der Waals surface area contributed by atoms with Gasteiger partial charge in [0, 0.05) is 6.42 Å². The maximum absolute atomic E-state index is 11.8. The number of hydrogen-bond donors (Lipinski definition) is 0. The molecule has 1 aromatic carbocycles. The summed E-state index contributed by atoms with van der Waals surface area (Å²) in [6.07, 6.45) is 12.4. The molecule has 1 saturated carbocycles. The first-order valence-electron chi connectivity index (χ1n) is 9.51. The van der Waals surface area contributed by atoms with Crippen molar-refractivity contribution in [1.82, 2.24) is 0 Å². The Labute approximate surface area is 152 Å². The van der Waals surface area contributed by atoms with Crippen molar-refractivity contribution in [3.63, 3.8) is 0 Å². The fourth-order valence-electron chi connectivity index (χ4n) is 4.04. The smallest absolute Gasteiger partial charge is 0.156 e. The summed E-state index contributed by atoms with van der Waals surface area (Å²) in [6.45, 7) is 6.97. The van der Waals surface area contributed by atoms with Crippen LogP contribution in [0.2, 0.25) is 0 Å². The molecule has 0 amide bonds. The second kappa shape index (κ2) is 7.29. The molecule has 1 atom stereocenters. The lowest BCUT2D eigenvalue weighted by Crippen LogP contribution is -2.39. The molecule has 2 aliphatic rings. The lowest BCUT2D eigenvalue weighted by atomic mass is 9.72. The zero-order valence-electron chi connectivity index (χ0n) is 15.7. The van der Waals surface area contributed by atoms with Gasteiger partial charge in [0.15, 0.2) is 6.29 Å². The fourth-order valence-corrected chi connectivity index (χ4v) is 4.04. The van der Waals surface area contributed by atoms with Gasteiger partial charge >= 0.3 is 0 Å². The molecule has 2 aliphatic carbocycles. The lowest BCUT2D eigenvalue weighted by molar-refractivity contribution is -0.135. The van der Waals surface area contributed by atoms with E-state index in [9.17, 15) is 4.79 Å². The molecule has 0 spiro atoms. The molecule has 2 nitrogen and oxygen atoms in total. The third-order valence-electron chi connectivity index (χ3n) is 5.78. The van der Waals surface area contributed by atoms with Crippen LogP contribution in [0, 0.1) is 11.3 Å². The van der Waals surface area contributed by atoms with Crippen LogP contribution < -0.4 is 0 Å². The van der Waals surface area contributed by atoms with Crippen LogP contribution in [0.15, 0.2) is 48.6 Å². The third-order valence-corrected chi connectivity index (χ3v) is 5.78. The summed E-state index contributed by atoms with van der Waals surface area (Å²) in [7, 11) is 0. The Morgan fingerprint density at radius 3 is 2.28 bits per heavy atom. The average Bonchev–Trinajstić information content (AvgIpc) is 2.63. The Hall–Kier alpha value is -1.67. The Kier molecular flexibility index (Phi) is 5.29. The number of allylic oxidation sites excluding steroid dienone is 2. The van der Waals surface area contributed by atoms with E-state index < -0.39 is 5.60 Å². The van der Waals surface area contributed by atoms with E-state index in [0.717, 1.165) is 30.6 Å². The molecule has 0 bridgehead atoms. The van der Waals surface area contributed by atoms with Gasteiger partial charge < -0.3 is 4.74 Å². The molecule has 0 saturated heterocycles. The number of carbonyl (C=O) groups is 1. The molecule has 3 rings (SSSR count). The molecule has 0 N–H and O–H groups in total. The summed E-state index contributed by atoms with van der Waals surface area (Å²) >= 11 is 0. The standard InChI is InChI=1S/C23H30O2/c1-22(2,3)20-9-11-21(12-10-20)25-23(17-24)15-13-19(14-16-23)18-7-5-4-6-8-18/h4-8,13-15,17,20-21H,9-12,16H2,1-3H3. The lowest BCUT2D eigenvalue weighted by Gasteiger charge is -2.39. The molecule has 0 heterocycles. The highest BCUT2D eigenvalue weighted by molar-refractivity contribution is 5.79. The van der Waals surface area contributed by atoms with Crippen molar-refractivity contribution in [3.8, 4) is 0 Å². The molecule has 1 aromatic rings. The number of ether oxygens (including phenoxy) is 1. The summed E-state index contributed by atoms with van der Waals surface area (Å²) in [5.74, 6) is 0.756. The van der Waals surface area contributed by atoms with E-state index in [4.69, 9.17) is 4.74 Å². The van der Waals surface area contributed by atoms with Crippen LogP contribution in [0.3, 0.4) is 0 Å². The van der Waals surface area contributed by atoms with E-state index in [1.807, 2.05) is 30.4 Å². The van der Waals surface area contributed by atoms with Gasteiger partial charge in [-0.15, -0.1) is 0 Å². The Balaban J connectivity index is 1.62. The van der Waals surface area contributed by atoms with Crippen LogP contribution in [0.5, 0.6) is 0 Å². The number of aldehydes is 1. The molecule has 1 fully saturated rings. The molecule has 134 valence electrons. The van der Waals surface area contributed by atoms with Crippen molar-refractivity contribution in [2.24, 2.45) is 11.3 Å². The van der Waals surface area contributed by atoms with Crippen molar-refractivity contribution < 1.29 is 9.53 Å². The van der Waals surface area contributed by atoms with Crippen LogP contribution in [0.1, 0.15) is 58.4 Å². The molecule has 0 radical (unpaired) electrons. The minimum absolute atomic E-state index is 0.195. The second-order valence-electron chi connectivity index (χ2n) is 8.59. The molecule has 1 unspecified atom stereocenters. The SMILES string of the molecule is CC(C)(C)C1CCC(OC2(C=O)C=CC(c3ccccc3)=CC2)CC1. The normalized spacial score (nSPS) is 30.0. The predicted molar refractivity (Wildman–Crippen MR) is 103 cm³/mol. The van der Waals surface area contributed by atoms with Crippen molar-refractivity contribution in [2.45, 2.75) is 64.6 Å². The van der Waals surface area contributed by atoms with Gasteiger partial charge in [-0.1, -0.05) is 63.3 Å². The van der Waals surface area contributed by atoms with E-state index in [2.05, 4.69) is 39.0 Å². The average molecular weight is 338 g/mol. The van der Waals surface area contributed by atoms with Gasteiger partial charge in [0.25, 0.3) is 0 Å². The minimum atomic E-state index is -0.780. The topological polar surface area (TPSA) is 26.3 Å². The first-order chi connectivity index (χ1) is 11.9. The van der Waals surface area contributed by atoms with E-state index in [0.29, 0.717) is 11.8 Å². The van der Waals surface area contributed by atoms with Gasteiger partial charge in [-0.3, -0.25) is 4.79 Å². The van der Waals surface area contributed by atoms with Crippen LogP contribution in [-0.2, 0) is 9.53 Å². The molecular formula is C23H30O2. The summed E-state index contributed by atoms with van der Waals surface area (Å²) in [5.41, 5.74) is 1.94. The number of hydrogen-bond acceptors (Lipinski definition) is 2. The number of carbonyl (C=O) groups excluding carboxylic acids is 1. The van der Waals surface area contributed by atoms with Crippen LogP contribution >= 0.6 is 0 Å². The molecule has 0 aromatic heterocycles. The predicted octanol–water partition coefficient (Wildman–Crippen LogP) is 5.59. The van der Waals surface area contributed by atoms with E-state index in [1.54, 1.807) is 0 Å². The summed E-state index contributed by atoms with van der Waals surface area (Å²) < 4.78 is 6.31. The van der Waals surface area contributed by atoms with Crippen LogP contribution in [-0.4, -0.2) is 18.0 Å². The highest BCUT2D eigenvalue weighted by atomic mass is 16.5. The van der Waals surface area contributed by atoms with Crippen molar-refractivity contribution in [1.29, 1.82) is 0 Å². The summed E-state index contributed by atoms with van der Waals surface area (Å²) in [4.78, 5) is 11.8. The maximum Gasteiger partial charge on any atom is 0.156 e. The highest BCUT2D eigenvalue weighted by Gasteiger charge is 2.36. The van der Waals surface area contributed by atoms with Gasteiger partial charge in [-0.25, -0.2) is 0 Å². The molecule has 0 aliphatic heterocycles. The van der Waals surface area contributed by atoms with E-state index >= 15 is 0 Å². The van der Waals surface area contributed by atoms with Gasteiger partial charge in [-0.2, -0.15) is 0 Å². The monoisotopic (exact) mass is 338 g/mol. The third kappa shape index (κ3) is 4.30. The molecule has 25 heavy (non-hydrogen) atoms. The maximum atomic E-state index is 11.8. The molecule has 2 heteroatoms. The zero-order valence-corrected chi connectivity index (χ0v) is 15.7. The van der Waals surface area contributed by atoms with Gasteiger partial charge in [-0.05, 0) is 54.2 Å². The summed E-state index contributed by atoms with van der Waals surface area (Å²) in [6, 6.07) is 10.3. The summed E-state index contributed by atoms with van der Waals surface area (Å²) in [5, 5.41) is 0. The van der Waals surface area contributed by atoms with Gasteiger partial charge in [0.1, 0.15) is 5.60 Å². The fraction of sp³-hybridized carbons (Fsp3) is 0.522. The zero-order chi connectivity index (χ0) is 17.9. The highest BCUT2D eigenvalue weighted by Crippen LogP contribution is 2.40. The van der Waals surface area contributed by atoms with Crippen LogP contribution in [0.4, 0.5) is 0 Å². The Bertz CT molecular complexity index is 642. The minimum Gasteiger partial charge on any atom is -0.360 e. The Morgan fingerprint density at radius 1 is 1.08 bits per heavy atom. The number of rotatable bonds is 4. The first-order valence-corrected chi connectivity index (χ1v) is 9.51.